The Kier molecular flexibility index (Phi) is 7.42. The molecule has 3 aromatic rings. The molecule has 1 N–H and O–H groups in total. The summed E-state index contributed by atoms with van der Waals surface area (Å²) in [5, 5.41) is 3.77. The zero-order chi connectivity index (χ0) is 22.5. The van der Waals surface area contributed by atoms with E-state index in [2.05, 4.69) is 12.2 Å². The van der Waals surface area contributed by atoms with E-state index in [0.717, 1.165) is 54.3 Å². The number of hydrogen-bond acceptors (Lipinski definition) is 6. The Morgan fingerprint density at radius 1 is 1.16 bits per heavy atom. The number of thioether (sulfide) groups is 1. The zero-order valence-electron chi connectivity index (χ0n) is 18.2. The minimum atomic E-state index is -0.376. The first-order valence-electron chi connectivity index (χ1n) is 11.1. The van der Waals surface area contributed by atoms with Gasteiger partial charge >= 0.3 is 0 Å². The fourth-order valence-corrected chi connectivity index (χ4v) is 6.16. The maximum atomic E-state index is 13.4. The molecule has 8 heteroatoms. The van der Waals surface area contributed by atoms with Crippen LogP contribution in [0.3, 0.4) is 0 Å². The summed E-state index contributed by atoms with van der Waals surface area (Å²) >= 11 is 2.83. The number of unbranched alkanes of at least 4 members (excludes halogenated alkanes) is 2. The van der Waals surface area contributed by atoms with Crippen LogP contribution in [-0.2, 0) is 35.4 Å². The van der Waals surface area contributed by atoms with Gasteiger partial charge in [-0.1, -0.05) is 61.9 Å². The van der Waals surface area contributed by atoms with Gasteiger partial charge in [0.15, 0.2) is 5.16 Å². The Hall–Kier alpha value is -2.45. The van der Waals surface area contributed by atoms with Gasteiger partial charge < -0.3 is 0 Å². The number of carbonyl (C=O) groups excluding carboxylic acids is 2. The van der Waals surface area contributed by atoms with Crippen molar-refractivity contribution in [3.05, 3.63) is 56.7 Å². The van der Waals surface area contributed by atoms with Crippen LogP contribution in [0.5, 0.6) is 0 Å². The molecule has 0 aliphatic heterocycles. The fraction of sp³-hybridized carbons (Fsp3) is 0.417. The summed E-state index contributed by atoms with van der Waals surface area (Å²) in [5.41, 5.74) is 2.04. The molecular weight excluding hydrogens is 442 g/mol. The SMILES string of the molecule is CCCCCn1c(SCC(=O)NC(=O)Cc2ccccc2)nc2sc3c(c2c1=O)CCC3. The van der Waals surface area contributed by atoms with Crippen molar-refractivity contribution in [3.63, 3.8) is 0 Å². The van der Waals surface area contributed by atoms with Crippen molar-refractivity contribution in [3.8, 4) is 0 Å². The molecule has 2 aromatic heterocycles. The lowest BCUT2D eigenvalue weighted by molar-refractivity contribution is -0.128. The first-order chi connectivity index (χ1) is 15.6. The van der Waals surface area contributed by atoms with Crippen LogP contribution < -0.4 is 10.9 Å². The highest BCUT2D eigenvalue weighted by atomic mass is 32.2. The van der Waals surface area contributed by atoms with Gasteiger partial charge in [-0.25, -0.2) is 4.98 Å². The van der Waals surface area contributed by atoms with Crippen molar-refractivity contribution in [2.75, 3.05) is 5.75 Å². The van der Waals surface area contributed by atoms with Gasteiger partial charge in [-0.2, -0.15) is 0 Å². The number of rotatable bonds is 9. The average molecular weight is 470 g/mol. The highest BCUT2D eigenvalue weighted by molar-refractivity contribution is 7.99. The summed E-state index contributed by atoms with van der Waals surface area (Å²) in [4.78, 5) is 44.7. The van der Waals surface area contributed by atoms with E-state index in [0.29, 0.717) is 11.7 Å². The van der Waals surface area contributed by atoms with E-state index < -0.39 is 0 Å². The van der Waals surface area contributed by atoms with Gasteiger partial charge in [-0.05, 0) is 36.8 Å². The first-order valence-corrected chi connectivity index (χ1v) is 12.9. The van der Waals surface area contributed by atoms with E-state index in [1.54, 1.807) is 15.9 Å². The van der Waals surface area contributed by atoms with Crippen LogP contribution in [-0.4, -0.2) is 27.1 Å². The molecule has 0 unspecified atom stereocenters. The molecule has 0 saturated heterocycles. The minimum absolute atomic E-state index is 0.00793. The number of benzene rings is 1. The number of aromatic nitrogens is 2. The van der Waals surface area contributed by atoms with Crippen molar-refractivity contribution in [1.82, 2.24) is 14.9 Å². The smallest absolute Gasteiger partial charge is 0.263 e. The van der Waals surface area contributed by atoms with Crippen LogP contribution in [0, 0.1) is 0 Å². The fourth-order valence-electron chi connectivity index (χ4n) is 4.03. The summed E-state index contributed by atoms with van der Waals surface area (Å²) in [7, 11) is 0. The van der Waals surface area contributed by atoms with Gasteiger partial charge in [0.1, 0.15) is 4.83 Å². The molecule has 2 heterocycles. The maximum absolute atomic E-state index is 13.4. The molecule has 0 saturated carbocycles. The van der Waals surface area contributed by atoms with E-state index in [4.69, 9.17) is 4.98 Å². The van der Waals surface area contributed by atoms with Crippen LogP contribution in [0.15, 0.2) is 40.3 Å². The summed E-state index contributed by atoms with van der Waals surface area (Å²) in [6, 6.07) is 9.31. The second-order valence-electron chi connectivity index (χ2n) is 8.02. The van der Waals surface area contributed by atoms with Crippen molar-refractivity contribution in [2.24, 2.45) is 0 Å². The molecule has 0 atom stereocenters. The van der Waals surface area contributed by atoms with E-state index >= 15 is 0 Å². The van der Waals surface area contributed by atoms with Gasteiger partial charge in [0.2, 0.25) is 11.8 Å². The van der Waals surface area contributed by atoms with Gasteiger partial charge in [-0.15, -0.1) is 11.3 Å². The quantitative estimate of drug-likeness (QED) is 0.290. The number of nitrogens with one attached hydrogen (secondary N) is 1. The lowest BCUT2D eigenvalue weighted by atomic mass is 10.1. The second-order valence-corrected chi connectivity index (χ2v) is 10.0. The molecule has 2 amide bonds. The van der Waals surface area contributed by atoms with E-state index in [1.165, 1.54) is 22.2 Å². The number of hydrogen-bond donors (Lipinski definition) is 1. The van der Waals surface area contributed by atoms with Crippen LogP contribution in [0.2, 0.25) is 0 Å². The Morgan fingerprint density at radius 2 is 1.97 bits per heavy atom. The first kappa shape index (κ1) is 22.7. The molecular formula is C24H27N3O3S2. The number of thiophene rings is 1. The predicted molar refractivity (Wildman–Crippen MR) is 129 cm³/mol. The second kappa shape index (κ2) is 10.4. The maximum Gasteiger partial charge on any atom is 0.263 e. The standard InChI is InChI=1S/C24H27N3O3S2/c1-2-3-7-13-27-23(30)21-17-11-8-12-18(17)32-22(21)26-24(27)31-15-20(29)25-19(28)14-16-9-5-4-6-10-16/h4-6,9-10H,2-3,7-8,11-15H2,1H3,(H,25,28,29). The highest BCUT2D eigenvalue weighted by Gasteiger charge is 2.23. The molecule has 0 spiro atoms. The molecule has 0 bridgehead atoms. The molecule has 168 valence electrons. The largest absolute Gasteiger partial charge is 0.295 e. The molecule has 1 aliphatic rings. The predicted octanol–water partition coefficient (Wildman–Crippen LogP) is 4.11. The third-order valence-electron chi connectivity index (χ3n) is 5.59. The van der Waals surface area contributed by atoms with Crippen molar-refractivity contribution >= 4 is 45.1 Å². The van der Waals surface area contributed by atoms with Crippen molar-refractivity contribution in [2.45, 2.75) is 63.6 Å². The monoisotopic (exact) mass is 469 g/mol. The summed E-state index contributed by atoms with van der Waals surface area (Å²) < 4.78 is 1.73. The van der Waals surface area contributed by atoms with Crippen molar-refractivity contribution in [1.29, 1.82) is 0 Å². The summed E-state index contributed by atoms with van der Waals surface area (Å²) in [6.45, 7) is 2.72. The Morgan fingerprint density at radius 3 is 2.75 bits per heavy atom. The summed E-state index contributed by atoms with van der Waals surface area (Å²) in [6.07, 6.45) is 6.20. The highest BCUT2D eigenvalue weighted by Crippen LogP contribution is 2.35. The number of imide groups is 1. The average Bonchev–Trinajstić information content (AvgIpc) is 3.35. The van der Waals surface area contributed by atoms with Gasteiger partial charge in [0.25, 0.3) is 5.56 Å². The van der Waals surface area contributed by atoms with Gasteiger partial charge in [0.05, 0.1) is 17.6 Å². The van der Waals surface area contributed by atoms with Crippen molar-refractivity contribution < 1.29 is 9.59 Å². The van der Waals surface area contributed by atoms with E-state index in [1.807, 2.05) is 30.3 Å². The van der Waals surface area contributed by atoms with Gasteiger partial charge in [0, 0.05) is 11.4 Å². The van der Waals surface area contributed by atoms with Crippen LogP contribution in [0.4, 0.5) is 0 Å². The number of nitrogens with zero attached hydrogens (tertiary/aromatic N) is 2. The number of carbonyl (C=O) groups is 2. The van der Waals surface area contributed by atoms with E-state index in [-0.39, 0.29) is 29.5 Å². The molecule has 1 aromatic carbocycles. The number of aryl methyl sites for hydroxylation is 2. The molecule has 4 rings (SSSR count). The lowest BCUT2D eigenvalue weighted by Crippen LogP contribution is -2.33. The Balaban J connectivity index is 1.48. The van der Waals surface area contributed by atoms with E-state index in [9.17, 15) is 14.4 Å². The number of amides is 2. The Labute approximate surface area is 195 Å². The van der Waals surface area contributed by atoms with Crippen LogP contribution in [0.1, 0.15) is 48.6 Å². The van der Waals surface area contributed by atoms with Gasteiger partial charge in [-0.3, -0.25) is 24.3 Å². The zero-order valence-corrected chi connectivity index (χ0v) is 19.8. The molecule has 32 heavy (non-hydrogen) atoms. The van der Waals surface area contributed by atoms with Crippen LogP contribution >= 0.6 is 23.1 Å². The lowest BCUT2D eigenvalue weighted by Gasteiger charge is -2.12. The topological polar surface area (TPSA) is 81.1 Å². The summed E-state index contributed by atoms with van der Waals surface area (Å²) in [5.74, 6) is -0.670. The molecule has 1 aliphatic carbocycles. The normalized spacial score (nSPS) is 12.8. The molecule has 6 nitrogen and oxygen atoms in total. The Bertz CT molecular complexity index is 1180. The van der Waals surface area contributed by atoms with Crippen LogP contribution in [0.25, 0.3) is 10.2 Å². The molecule has 0 radical (unpaired) electrons. The minimum Gasteiger partial charge on any atom is -0.295 e. The third-order valence-corrected chi connectivity index (χ3v) is 7.76. The third kappa shape index (κ3) is 5.13. The molecule has 0 fully saturated rings. The number of fused-ring (bicyclic) bond motifs is 3.